The van der Waals surface area contributed by atoms with Crippen molar-refractivity contribution in [2.75, 3.05) is 13.2 Å². The summed E-state index contributed by atoms with van der Waals surface area (Å²) in [5, 5.41) is 0. The second kappa shape index (κ2) is 54.2. The highest BCUT2D eigenvalue weighted by molar-refractivity contribution is 5.71. The molecule has 0 aromatic rings. The molecule has 0 amide bonds. The molecule has 380 valence electrons. The molecule has 0 saturated heterocycles. The lowest BCUT2D eigenvalue weighted by Crippen LogP contribution is -2.30. The van der Waals surface area contributed by atoms with Crippen molar-refractivity contribution in [3.63, 3.8) is 0 Å². The number of ether oxygens (including phenoxy) is 3. The van der Waals surface area contributed by atoms with Crippen LogP contribution in [0.2, 0.25) is 0 Å². The van der Waals surface area contributed by atoms with Crippen LogP contribution >= 0.6 is 0 Å². The topological polar surface area (TPSA) is 78.9 Å². The van der Waals surface area contributed by atoms with Crippen molar-refractivity contribution in [2.45, 2.75) is 309 Å². The van der Waals surface area contributed by atoms with Crippen molar-refractivity contribution in [3.05, 3.63) is 36.5 Å². The molecule has 0 saturated carbocycles. The van der Waals surface area contributed by atoms with Crippen molar-refractivity contribution in [1.29, 1.82) is 0 Å². The van der Waals surface area contributed by atoms with E-state index in [1.54, 1.807) is 0 Å². The Bertz CT molecular complexity index is 1090. The minimum absolute atomic E-state index is 0.0756. The molecule has 0 rings (SSSR count). The minimum Gasteiger partial charge on any atom is -0.462 e. The number of hydrogen-bond donors (Lipinski definition) is 0. The molecule has 6 nitrogen and oxygen atoms in total. The number of carbonyl (C=O) groups is 3. The van der Waals surface area contributed by atoms with E-state index in [-0.39, 0.29) is 31.1 Å². The Kier molecular flexibility index (Phi) is 52.3. The van der Waals surface area contributed by atoms with Crippen LogP contribution in [0.25, 0.3) is 0 Å². The maximum absolute atomic E-state index is 12.8. The Labute approximate surface area is 404 Å². The SMILES string of the molecule is CCCCC/C=C\C/C=C\CCCCCCCCCC(=O)OC[C@@H](COC(=O)CCCCCCC/C=C\CCCCCCC)OC(=O)CCCCCCCCCCCCCCCCCC. The van der Waals surface area contributed by atoms with Gasteiger partial charge in [0.1, 0.15) is 13.2 Å². The summed E-state index contributed by atoms with van der Waals surface area (Å²) in [6.07, 6.45) is 64.1. The van der Waals surface area contributed by atoms with Crippen molar-refractivity contribution in [2.24, 2.45) is 0 Å². The zero-order chi connectivity index (χ0) is 47.2. The molecule has 0 heterocycles. The molecule has 0 fully saturated rings. The van der Waals surface area contributed by atoms with E-state index in [4.69, 9.17) is 14.2 Å². The Morgan fingerprint density at radius 1 is 0.308 bits per heavy atom. The minimum atomic E-state index is -0.775. The first-order valence-electron chi connectivity index (χ1n) is 28.5. The van der Waals surface area contributed by atoms with Gasteiger partial charge in [0.2, 0.25) is 0 Å². The molecule has 0 spiro atoms. The predicted octanol–water partition coefficient (Wildman–Crippen LogP) is 18.9. The summed E-state index contributed by atoms with van der Waals surface area (Å²) in [6, 6.07) is 0. The first-order chi connectivity index (χ1) is 32.0. The lowest BCUT2D eigenvalue weighted by atomic mass is 10.0. The summed E-state index contributed by atoms with van der Waals surface area (Å²) in [4.78, 5) is 38.1. The van der Waals surface area contributed by atoms with Crippen LogP contribution in [-0.2, 0) is 28.6 Å². The van der Waals surface area contributed by atoms with Gasteiger partial charge in [-0.25, -0.2) is 0 Å². The fraction of sp³-hybridized carbons (Fsp3) is 0.847. The molecule has 1 atom stereocenters. The van der Waals surface area contributed by atoms with Gasteiger partial charge in [0, 0.05) is 19.3 Å². The predicted molar refractivity (Wildman–Crippen MR) is 279 cm³/mol. The van der Waals surface area contributed by atoms with Gasteiger partial charge in [-0.15, -0.1) is 0 Å². The second-order valence-corrected chi connectivity index (χ2v) is 19.2. The molecule has 0 aliphatic carbocycles. The zero-order valence-corrected chi connectivity index (χ0v) is 43.5. The van der Waals surface area contributed by atoms with E-state index in [1.807, 2.05) is 0 Å². The summed E-state index contributed by atoms with van der Waals surface area (Å²) in [6.45, 7) is 6.63. The van der Waals surface area contributed by atoms with Crippen LogP contribution in [0.4, 0.5) is 0 Å². The monoisotopic (exact) mass is 913 g/mol. The van der Waals surface area contributed by atoms with Crippen LogP contribution in [0.3, 0.4) is 0 Å². The first-order valence-corrected chi connectivity index (χ1v) is 28.5. The van der Waals surface area contributed by atoms with Crippen molar-refractivity contribution < 1.29 is 28.6 Å². The smallest absolute Gasteiger partial charge is 0.306 e. The number of unbranched alkanes of at least 4 members (excludes halogenated alkanes) is 35. The Morgan fingerprint density at radius 2 is 0.554 bits per heavy atom. The number of allylic oxidation sites excluding steroid dienone is 6. The lowest BCUT2D eigenvalue weighted by molar-refractivity contribution is -0.167. The largest absolute Gasteiger partial charge is 0.462 e. The molecule has 0 radical (unpaired) electrons. The molecule has 6 heteroatoms. The van der Waals surface area contributed by atoms with Crippen LogP contribution in [0, 0.1) is 0 Å². The molecule has 0 bridgehead atoms. The Morgan fingerprint density at radius 3 is 0.892 bits per heavy atom. The van der Waals surface area contributed by atoms with E-state index in [1.165, 1.54) is 186 Å². The Hall–Kier alpha value is -2.37. The standard InChI is InChI=1S/C59H108O6/c1-4-7-10-13-16-19-22-25-28-30-32-34-37-40-43-46-49-52-58(61)64-55-56(54-63-57(60)51-48-45-42-39-36-33-27-24-21-18-15-12-9-6-3)65-59(62)53-50-47-44-41-38-35-31-29-26-23-20-17-14-11-8-5-2/h16,19,24-25,27-28,56H,4-15,17-18,20-23,26,29-55H2,1-3H3/b19-16-,27-24-,28-25-/t56-/m1/s1. The van der Waals surface area contributed by atoms with Crippen LogP contribution in [0.5, 0.6) is 0 Å². The van der Waals surface area contributed by atoms with Gasteiger partial charge < -0.3 is 14.2 Å². The van der Waals surface area contributed by atoms with E-state index in [2.05, 4.69) is 57.2 Å². The molecule has 65 heavy (non-hydrogen) atoms. The van der Waals surface area contributed by atoms with Crippen LogP contribution < -0.4 is 0 Å². The Balaban J connectivity index is 4.36. The van der Waals surface area contributed by atoms with E-state index in [0.29, 0.717) is 19.3 Å². The van der Waals surface area contributed by atoms with E-state index in [9.17, 15) is 14.4 Å². The van der Waals surface area contributed by atoms with Gasteiger partial charge in [0.05, 0.1) is 0 Å². The van der Waals surface area contributed by atoms with Crippen molar-refractivity contribution >= 4 is 17.9 Å². The maximum atomic E-state index is 12.8. The molecular formula is C59H108O6. The van der Waals surface area contributed by atoms with Crippen LogP contribution in [0.15, 0.2) is 36.5 Å². The number of hydrogen-bond acceptors (Lipinski definition) is 6. The summed E-state index contributed by atoms with van der Waals surface area (Å²) >= 11 is 0. The molecule has 0 unspecified atom stereocenters. The number of rotatable bonds is 52. The molecule has 0 N–H and O–H groups in total. The first kappa shape index (κ1) is 62.6. The highest BCUT2D eigenvalue weighted by atomic mass is 16.6. The highest BCUT2D eigenvalue weighted by Gasteiger charge is 2.19. The third-order valence-corrected chi connectivity index (χ3v) is 12.6. The number of carbonyl (C=O) groups excluding carboxylic acids is 3. The molecule has 0 aromatic carbocycles. The van der Waals surface area contributed by atoms with Gasteiger partial charge in [-0.3, -0.25) is 14.4 Å². The van der Waals surface area contributed by atoms with Gasteiger partial charge in [-0.2, -0.15) is 0 Å². The third-order valence-electron chi connectivity index (χ3n) is 12.6. The van der Waals surface area contributed by atoms with Crippen LogP contribution in [-0.4, -0.2) is 37.2 Å². The average Bonchev–Trinajstić information content (AvgIpc) is 3.30. The fourth-order valence-corrected chi connectivity index (χ4v) is 8.29. The average molecular weight is 914 g/mol. The third kappa shape index (κ3) is 52.5. The van der Waals surface area contributed by atoms with Gasteiger partial charge >= 0.3 is 17.9 Å². The molecule has 0 aliphatic heterocycles. The van der Waals surface area contributed by atoms with E-state index >= 15 is 0 Å². The molecular weight excluding hydrogens is 805 g/mol. The van der Waals surface area contributed by atoms with Crippen LogP contribution in [0.1, 0.15) is 303 Å². The summed E-state index contributed by atoms with van der Waals surface area (Å²) in [7, 11) is 0. The normalized spacial score (nSPS) is 12.2. The van der Waals surface area contributed by atoms with Gasteiger partial charge in [-0.05, 0) is 77.0 Å². The highest BCUT2D eigenvalue weighted by Crippen LogP contribution is 2.16. The lowest BCUT2D eigenvalue weighted by Gasteiger charge is -2.18. The van der Waals surface area contributed by atoms with Crippen molar-refractivity contribution in [1.82, 2.24) is 0 Å². The zero-order valence-electron chi connectivity index (χ0n) is 43.5. The molecule has 0 aromatic heterocycles. The number of esters is 3. The van der Waals surface area contributed by atoms with E-state index in [0.717, 1.165) is 77.0 Å². The quantitative estimate of drug-likeness (QED) is 0.0262. The van der Waals surface area contributed by atoms with Gasteiger partial charge in [0.25, 0.3) is 0 Å². The summed E-state index contributed by atoms with van der Waals surface area (Å²) in [5.74, 6) is -0.874. The fourth-order valence-electron chi connectivity index (χ4n) is 8.29. The summed E-state index contributed by atoms with van der Waals surface area (Å²) in [5.41, 5.74) is 0. The summed E-state index contributed by atoms with van der Waals surface area (Å²) < 4.78 is 16.9. The van der Waals surface area contributed by atoms with Crippen molar-refractivity contribution in [3.8, 4) is 0 Å². The van der Waals surface area contributed by atoms with Gasteiger partial charge in [-0.1, -0.05) is 243 Å². The van der Waals surface area contributed by atoms with Gasteiger partial charge in [0.15, 0.2) is 6.10 Å². The van der Waals surface area contributed by atoms with E-state index < -0.39 is 6.10 Å². The molecule has 0 aliphatic rings. The second-order valence-electron chi connectivity index (χ2n) is 19.2. The maximum Gasteiger partial charge on any atom is 0.306 e.